The Bertz CT molecular complexity index is 1230. The third-order valence-corrected chi connectivity index (χ3v) is 4.77. The first-order valence-corrected chi connectivity index (χ1v) is 9.20. The topological polar surface area (TPSA) is 104 Å². The zero-order valence-corrected chi connectivity index (χ0v) is 14.8. The van der Waals surface area contributed by atoms with Crippen molar-refractivity contribution >= 4 is 26.7 Å². The lowest BCUT2D eigenvalue weighted by molar-refractivity contribution is -0.151. The number of halogens is 7. The molecule has 1 aromatic carbocycles. The molecule has 2 aromatic heterocycles. The maximum absolute atomic E-state index is 13.5. The number of nitrogens with zero attached hydrogens (tertiary/aromatic N) is 4. The van der Waals surface area contributed by atoms with Crippen LogP contribution in [0.5, 0.6) is 0 Å². The third-order valence-electron chi connectivity index (χ3n) is 3.64. The van der Waals surface area contributed by atoms with Crippen LogP contribution < -0.4 is 5.73 Å². The second kappa shape index (κ2) is 6.27. The molecule has 0 aliphatic heterocycles. The quantitative estimate of drug-likeness (QED) is 0.611. The van der Waals surface area contributed by atoms with E-state index in [9.17, 15) is 39.2 Å². The molecule has 0 unspecified atom stereocenters. The van der Waals surface area contributed by atoms with Crippen molar-refractivity contribution in [3.05, 3.63) is 35.5 Å². The molecule has 0 saturated heterocycles. The highest BCUT2D eigenvalue weighted by molar-refractivity contribution is 7.90. The second-order valence-corrected chi connectivity index (χ2v) is 7.76. The van der Waals surface area contributed by atoms with Gasteiger partial charge in [0, 0.05) is 6.26 Å². The van der Waals surface area contributed by atoms with Gasteiger partial charge in [-0.25, -0.2) is 27.5 Å². The number of sulfone groups is 1. The number of benzene rings is 1. The Labute approximate surface area is 156 Å². The van der Waals surface area contributed by atoms with Gasteiger partial charge in [-0.15, -0.1) is 5.10 Å². The molecule has 7 nitrogen and oxygen atoms in total. The van der Waals surface area contributed by atoms with Gasteiger partial charge in [0.05, 0.1) is 16.0 Å². The molecule has 156 valence electrons. The van der Waals surface area contributed by atoms with Gasteiger partial charge in [-0.2, -0.15) is 26.3 Å². The van der Waals surface area contributed by atoms with E-state index in [2.05, 4.69) is 15.1 Å². The van der Waals surface area contributed by atoms with Gasteiger partial charge in [-0.05, 0) is 18.2 Å². The number of fused-ring (bicyclic) bond motifs is 1. The van der Waals surface area contributed by atoms with Crippen molar-refractivity contribution in [2.45, 2.75) is 17.2 Å². The second-order valence-electron chi connectivity index (χ2n) is 5.77. The summed E-state index contributed by atoms with van der Waals surface area (Å²) in [5, 5.41) is 2.43. The largest absolute Gasteiger partial charge is 0.451 e. The number of hydrogen-bond acceptors (Lipinski definition) is 6. The Balaban J connectivity index is 2.44. The van der Waals surface area contributed by atoms with Crippen molar-refractivity contribution in [3.8, 4) is 5.69 Å². The monoisotopic (exact) mass is 443 g/mol. The average molecular weight is 443 g/mol. The van der Waals surface area contributed by atoms with Crippen LogP contribution in [0.2, 0.25) is 0 Å². The fourth-order valence-corrected chi connectivity index (χ4v) is 3.35. The molecule has 29 heavy (non-hydrogen) atoms. The minimum absolute atomic E-state index is 0.435. The zero-order valence-electron chi connectivity index (χ0n) is 14.0. The van der Waals surface area contributed by atoms with Gasteiger partial charge in [0.25, 0.3) is 0 Å². The van der Waals surface area contributed by atoms with Crippen LogP contribution >= 0.6 is 0 Å². The first kappa shape index (κ1) is 20.8. The van der Waals surface area contributed by atoms with Gasteiger partial charge in [0.1, 0.15) is 11.6 Å². The minimum atomic E-state index is -5.36. The number of hydrogen-bond donors (Lipinski definition) is 1. The average Bonchev–Trinajstić information content (AvgIpc) is 2.88. The summed E-state index contributed by atoms with van der Waals surface area (Å²) in [6, 6.07) is 2.18. The molecule has 15 heteroatoms. The lowest BCUT2D eigenvalue weighted by Gasteiger charge is -2.11. The van der Waals surface area contributed by atoms with E-state index in [0.29, 0.717) is 17.0 Å². The number of aromatic nitrogens is 4. The van der Waals surface area contributed by atoms with E-state index in [0.717, 1.165) is 12.1 Å². The van der Waals surface area contributed by atoms with Crippen LogP contribution in [0.4, 0.5) is 36.6 Å². The van der Waals surface area contributed by atoms with Crippen molar-refractivity contribution in [2.24, 2.45) is 0 Å². The van der Waals surface area contributed by atoms with Crippen molar-refractivity contribution in [1.82, 2.24) is 19.7 Å². The molecule has 3 aromatic rings. The summed E-state index contributed by atoms with van der Waals surface area (Å²) in [7, 11) is -4.12. The van der Waals surface area contributed by atoms with Crippen LogP contribution in [-0.2, 0) is 22.2 Å². The van der Waals surface area contributed by atoms with Crippen LogP contribution in [0.3, 0.4) is 0 Å². The predicted octanol–water partition coefficient (Wildman–Crippen LogP) is 2.98. The zero-order chi connectivity index (χ0) is 21.9. The molecule has 0 radical (unpaired) electrons. The van der Waals surface area contributed by atoms with Crippen LogP contribution in [0.15, 0.2) is 23.1 Å². The minimum Gasteiger partial charge on any atom is -0.383 e. The van der Waals surface area contributed by atoms with E-state index < -0.39 is 67.0 Å². The van der Waals surface area contributed by atoms with Crippen molar-refractivity contribution < 1.29 is 39.2 Å². The maximum Gasteiger partial charge on any atom is 0.451 e. The summed E-state index contributed by atoms with van der Waals surface area (Å²) in [6.45, 7) is 0. The highest BCUT2D eigenvalue weighted by Crippen LogP contribution is 2.39. The van der Waals surface area contributed by atoms with E-state index in [-0.39, 0.29) is 0 Å². The Morgan fingerprint density at radius 3 is 2.17 bits per heavy atom. The normalized spacial score (nSPS) is 13.2. The van der Waals surface area contributed by atoms with Crippen molar-refractivity contribution in [2.75, 3.05) is 12.0 Å². The summed E-state index contributed by atoms with van der Waals surface area (Å²) in [5.74, 6) is -3.97. The molecule has 0 saturated carbocycles. The summed E-state index contributed by atoms with van der Waals surface area (Å²) in [6.07, 6.45) is -9.99. The number of alkyl halides is 6. The van der Waals surface area contributed by atoms with Gasteiger partial charge < -0.3 is 5.73 Å². The number of nitrogen functional groups attached to an aromatic ring is 1. The molecule has 0 atom stereocenters. The molecule has 2 heterocycles. The number of nitrogens with two attached hydrogens (primary N) is 1. The molecule has 0 amide bonds. The lowest BCUT2D eigenvalue weighted by atomic mass is 10.2. The number of rotatable bonds is 2. The highest BCUT2D eigenvalue weighted by Gasteiger charge is 2.43. The van der Waals surface area contributed by atoms with Crippen LogP contribution in [0, 0.1) is 5.82 Å². The molecule has 0 fully saturated rings. The molecule has 2 N–H and O–H groups in total. The van der Waals surface area contributed by atoms with Crippen molar-refractivity contribution in [1.29, 1.82) is 0 Å². The molecular formula is C14H8F7N5O2S. The fraction of sp³-hybridized carbons (Fsp3) is 0.214. The first-order chi connectivity index (χ1) is 13.1. The van der Waals surface area contributed by atoms with Crippen LogP contribution in [0.1, 0.15) is 11.5 Å². The Morgan fingerprint density at radius 1 is 1.03 bits per heavy atom. The van der Waals surface area contributed by atoms with Crippen LogP contribution in [0.25, 0.3) is 16.7 Å². The van der Waals surface area contributed by atoms with Gasteiger partial charge >= 0.3 is 12.4 Å². The fourth-order valence-electron chi connectivity index (χ4n) is 2.49. The van der Waals surface area contributed by atoms with E-state index in [1.165, 1.54) is 0 Å². The van der Waals surface area contributed by atoms with E-state index in [4.69, 9.17) is 5.73 Å². The predicted molar refractivity (Wildman–Crippen MR) is 84.1 cm³/mol. The van der Waals surface area contributed by atoms with E-state index >= 15 is 0 Å². The van der Waals surface area contributed by atoms with E-state index in [1.54, 1.807) is 0 Å². The summed E-state index contributed by atoms with van der Waals surface area (Å²) >= 11 is 0. The molecule has 3 rings (SSSR count). The third kappa shape index (κ3) is 3.68. The summed E-state index contributed by atoms with van der Waals surface area (Å²) < 4.78 is 116. The maximum atomic E-state index is 13.5. The Hall–Kier alpha value is -2.97. The number of anilines is 1. The van der Waals surface area contributed by atoms with Gasteiger partial charge in [0.2, 0.25) is 5.82 Å². The van der Waals surface area contributed by atoms with Gasteiger partial charge in [-0.3, -0.25) is 0 Å². The van der Waals surface area contributed by atoms with Gasteiger partial charge in [0.15, 0.2) is 21.2 Å². The molecule has 0 aliphatic carbocycles. The standard InChI is InChI=1S/C14H8F7N5O2S/c1-29(27,28)7-4-5(15)2-3-6(7)26-10(22)8-9(13(16,17)18)23-12(14(19,20)21)24-11(8)25-26/h2-4H,22H2,1H3. The van der Waals surface area contributed by atoms with Crippen LogP contribution in [-0.4, -0.2) is 34.4 Å². The molecule has 0 aliphatic rings. The summed E-state index contributed by atoms with van der Waals surface area (Å²) in [4.78, 5) is 4.79. The smallest absolute Gasteiger partial charge is 0.383 e. The van der Waals surface area contributed by atoms with Gasteiger partial charge in [-0.1, -0.05) is 0 Å². The SMILES string of the molecule is CS(=O)(=O)c1cc(F)ccc1-n1nc2nc(C(F)(F)F)nc(C(F)(F)F)c2c1N. The van der Waals surface area contributed by atoms with Crippen molar-refractivity contribution in [3.63, 3.8) is 0 Å². The highest BCUT2D eigenvalue weighted by atomic mass is 32.2. The Morgan fingerprint density at radius 2 is 1.66 bits per heavy atom. The molecule has 0 bridgehead atoms. The van der Waals surface area contributed by atoms with E-state index in [1.807, 2.05) is 0 Å². The lowest BCUT2D eigenvalue weighted by Crippen LogP contribution is -2.17. The first-order valence-electron chi connectivity index (χ1n) is 7.31. The molecular weight excluding hydrogens is 435 g/mol. The summed E-state index contributed by atoms with van der Waals surface area (Å²) in [5.41, 5.74) is 2.08. The Kier molecular flexibility index (Phi) is 4.48. The molecule has 0 spiro atoms.